The molecule has 7 heteroatoms. The summed E-state index contributed by atoms with van der Waals surface area (Å²) < 4.78 is 44.3. The van der Waals surface area contributed by atoms with Crippen LogP contribution in [-0.2, 0) is 11.0 Å². The molecule has 0 bridgehead atoms. The van der Waals surface area contributed by atoms with Crippen LogP contribution >= 0.6 is 0 Å². The Hall–Kier alpha value is -3.22. The first kappa shape index (κ1) is 22.0. The number of ether oxygens (including phenoxy) is 1. The van der Waals surface area contributed by atoms with Crippen LogP contribution in [0.15, 0.2) is 60.8 Å². The van der Waals surface area contributed by atoms with E-state index in [0.29, 0.717) is 24.3 Å². The maximum Gasteiger partial charge on any atom is 0.416 e. The van der Waals surface area contributed by atoms with Crippen molar-refractivity contribution >= 4 is 22.5 Å². The summed E-state index contributed by atoms with van der Waals surface area (Å²) in [6, 6.07) is 11.0. The zero-order valence-electron chi connectivity index (χ0n) is 17.8. The summed E-state index contributed by atoms with van der Waals surface area (Å²) >= 11 is 0. The molecule has 0 radical (unpaired) electrons. The first-order valence-corrected chi connectivity index (χ1v) is 10.6. The minimum atomic E-state index is -4.32. The van der Waals surface area contributed by atoms with Crippen molar-refractivity contribution in [3.63, 3.8) is 0 Å². The van der Waals surface area contributed by atoms with Gasteiger partial charge in [-0.05, 0) is 68.0 Å². The Kier molecular flexibility index (Phi) is 6.00. The van der Waals surface area contributed by atoms with Gasteiger partial charge in [-0.3, -0.25) is 4.79 Å². The van der Waals surface area contributed by atoms with Gasteiger partial charge in [0.05, 0.1) is 17.4 Å². The summed E-state index contributed by atoms with van der Waals surface area (Å²) in [7, 11) is 0. The number of hydrogen-bond donors (Lipinski definition) is 2. The van der Waals surface area contributed by atoms with Crippen LogP contribution in [0, 0.1) is 0 Å². The summed E-state index contributed by atoms with van der Waals surface area (Å²) in [4.78, 5) is 15.3. The predicted octanol–water partition coefficient (Wildman–Crippen LogP) is 6.81. The summed E-state index contributed by atoms with van der Waals surface area (Å²) in [5.41, 5.74) is 2.83. The number of allylic oxidation sites excluding steroid dienone is 1. The first-order valence-electron chi connectivity index (χ1n) is 10.6. The van der Waals surface area contributed by atoms with Gasteiger partial charge in [0.25, 0.3) is 0 Å². The lowest BCUT2D eigenvalue weighted by atomic mass is 9.77. The Labute approximate surface area is 184 Å². The molecule has 32 heavy (non-hydrogen) atoms. The second kappa shape index (κ2) is 8.73. The normalized spacial score (nSPS) is 18.2. The van der Waals surface area contributed by atoms with Gasteiger partial charge in [-0.1, -0.05) is 17.7 Å². The molecule has 1 aliphatic carbocycles. The SMILES string of the molecule is C=C(C)CCC(=O)Nc1c[nH]c2ccc(O[C@H]3C[C@@H](c4ccc(C(F)(F)F)cc4)C3)cc12. The quantitative estimate of drug-likeness (QED) is 0.395. The lowest BCUT2D eigenvalue weighted by Crippen LogP contribution is -2.32. The number of carbonyl (C=O) groups is 1. The molecule has 1 heterocycles. The van der Waals surface area contributed by atoms with Gasteiger partial charge in [-0.2, -0.15) is 13.2 Å². The molecule has 0 spiro atoms. The minimum Gasteiger partial charge on any atom is -0.490 e. The van der Waals surface area contributed by atoms with Gasteiger partial charge in [0.15, 0.2) is 0 Å². The third-order valence-corrected chi connectivity index (χ3v) is 5.81. The molecular weight excluding hydrogens is 417 g/mol. The van der Waals surface area contributed by atoms with E-state index in [0.717, 1.165) is 47.0 Å². The highest BCUT2D eigenvalue weighted by molar-refractivity contribution is 6.02. The van der Waals surface area contributed by atoms with Crippen LogP contribution < -0.4 is 10.1 Å². The highest BCUT2D eigenvalue weighted by atomic mass is 19.4. The van der Waals surface area contributed by atoms with Crippen LogP contribution in [0.3, 0.4) is 0 Å². The molecule has 0 saturated heterocycles. The van der Waals surface area contributed by atoms with Gasteiger partial charge >= 0.3 is 6.18 Å². The van der Waals surface area contributed by atoms with E-state index in [-0.39, 0.29) is 17.9 Å². The number of fused-ring (bicyclic) bond motifs is 1. The number of halogens is 3. The van der Waals surface area contributed by atoms with Crippen molar-refractivity contribution in [1.29, 1.82) is 0 Å². The van der Waals surface area contributed by atoms with Crippen LogP contribution in [0.4, 0.5) is 18.9 Å². The van der Waals surface area contributed by atoms with Crippen molar-refractivity contribution < 1.29 is 22.7 Å². The van der Waals surface area contributed by atoms with E-state index in [2.05, 4.69) is 16.9 Å². The molecule has 4 nitrogen and oxygen atoms in total. The second-order valence-electron chi connectivity index (χ2n) is 8.44. The smallest absolute Gasteiger partial charge is 0.416 e. The summed E-state index contributed by atoms with van der Waals surface area (Å²) in [6.07, 6.45) is -0.0223. The highest BCUT2D eigenvalue weighted by Crippen LogP contribution is 2.41. The first-order chi connectivity index (χ1) is 15.2. The number of anilines is 1. The number of rotatable bonds is 7. The lowest BCUT2D eigenvalue weighted by Gasteiger charge is -2.35. The van der Waals surface area contributed by atoms with Crippen molar-refractivity contribution in [2.75, 3.05) is 5.32 Å². The molecule has 0 unspecified atom stereocenters. The minimum absolute atomic E-state index is 0.00675. The maximum absolute atomic E-state index is 12.7. The molecule has 2 aromatic carbocycles. The number of carbonyl (C=O) groups excluding carboxylic acids is 1. The van der Waals surface area contributed by atoms with Gasteiger partial charge in [0.2, 0.25) is 5.91 Å². The Balaban J connectivity index is 1.36. The second-order valence-corrected chi connectivity index (χ2v) is 8.44. The molecule has 4 rings (SSSR count). The molecule has 168 valence electrons. The Morgan fingerprint density at radius 1 is 1.16 bits per heavy atom. The molecule has 1 fully saturated rings. The monoisotopic (exact) mass is 442 g/mol. The van der Waals surface area contributed by atoms with E-state index in [9.17, 15) is 18.0 Å². The van der Waals surface area contributed by atoms with Crippen molar-refractivity contribution in [3.05, 3.63) is 71.9 Å². The lowest BCUT2D eigenvalue weighted by molar-refractivity contribution is -0.137. The van der Waals surface area contributed by atoms with Crippen molar-refractivity contribution in [1.82, 2.24) is 4.98 Å². The molecular formula is C25H25F3N2O2. The third-order valence-electron chi connectivity index (χ3n) is 5.81. The fourth-order valence-corrected chi connectivity index (χ4v) is 3.89. The summed E-state index contributed by atoms with van der Waals surface area (Å²) in [5, 5.41) is 3.79. The summed E-state index contributed by atoms with van der Waals surface area (Å²) in [5.74, 6) is 0.824. The predicted molar refractivity (Wildman–Crippen MR) is 119 cm³/mol. The number of aromatic nitrogens is 1. The van der Waals surface area contributed by atoms with Crippen LogP contribution in [0.1, 0.15) is 49.7 Å². The summed E-state index contributed by atoms with van der Waals surface area (Å²) in [6.45, 7) is 5.71. The number of hydrogen-bond acceptors (Lipinski definition) is 2. The number of H-pyrrole nitrogens is 1. The van der Waals surface area contributed by atoms with Crippen molar-refractivity contribution in [3.8, 4) is 5.75 Å². The Morgan fingerprint density at radius 3 is 2.53 bits per heavy atom. The van der Waals surface area contributed by atoms with Gasteiger partial charge in [0, 0.05) is 23.5 Å². The Morgan fingerprint density at radius 2 is 1.88 bits per heavy atom. The van der Waals surface area contributed by atoms with Gasteiger partial charge in [0.1, 0.15) is 5.75 Å². The molecule has 0 aliphatic heterocycles. The van der Waals surface area contributed by atoms with E-state index < -0.39 is 11.7 Å². The highest BCUT2D eigenvalue weighted by Gasteiger charge is 2.34. The molecule has 1 saturated carbocycles. The van der Waals surface area contributed by atoms with Crippen molar-refractivity contribution in [2.45, 2.75) is 50.8 Å². The average molecular weight is 442 g/mol. The van der Waals surface area contributed by atoms with Crippen LogP contribution in [0.5, 0.6) is 5.75 Å². The van der Waals surface area contributed by atoms with E-state index in [1.54, 1.807) is 18.3 Å². The van der Waals surface area contributed by atoms with Gasteiger partial charge in [-0.25, -0.2) is 0 Å². The average Bonchev–Trinajstić information content (AvgIpc) is 3.10. The number of alkyl halides is 3. The molecule has 1 amide bonds. The zero-order chi connectivity index (χ0) is 22.9. The van der Waals surface area contributed by atoms with Gasteiger partial charge < -0.3 is 15.0 Å². The van der Waals surface area contributed by atoms with Crippen molar-refractivity contribution in [2.24, 2.45) is 0 Å². The Bertz CT molecular complexity index is 1130. The van der Waals surface area contributed by atoms with Gasteiger partial charge in [-0.15, -0.1) is 6.58 Å². The number of aromatic amines is 1. The van der Waals surface area contributed by atoms with Crippen LogP contribution in [0.2, 0.25) is 0 Å². The standard InChI is InChI=1S/C25H25F3N2O2/c1-15(2)3-10-24(31)30-23-14-29-22-9-8-19(13-21(22)23)32-20-11-17(12-20)16-4-6-18(7-5-16)25(26,27)28/h4-9,13-14,17,20,29H,1,3,10-12H2,2H3,(H,30,31)/t17-,20+. The fourth-order valence-electron chi connectivity index (χ4n) is 3.89. The molecule has 1 aliphatic rings. The number of benzene rings is 2. The molecule has 1 aromatic heterocycles. The molecule has 3 aromatic rings. The largest absolute Gasteiger partial charge is 0.490 e. The third kappa shape index (κ3) is 4.98. The van der Waals surface area contributed by atoms with E-state index >= 15 is 0 Å². The number of nitrogens with one attached hydrogen (secondary N) is 2. The molecule has 0 atom stereocenters. The van der Waals surface area contributed by atoms with Crippen LogP contribution in [0.25, 0.3) is 10.9 Å². The van der Waals surface area contributed by atoms with Crippen LogP contribution in [-0.4, -0.2) is 17.0 Å². The number of amides is 1. The maximum atomic E-state index is 12.7. The van der Waals surface area contributed by atoms with E-state index in [1.165, 1.54) is 0 Å². The fraction of sp³-hybridized carbons (Fsp3) is 0.320. The topological polar surface area (TPSA) is 54.1 Å². The van der Waals surface area contributed by atoms with E-state index in [4.69, 9.17) is 4.74 Å². The van der Waals surface area contributed by atoms with E-state index in [1.807, 2.05) is 25.1 Å². The zero-order valence-corrected chi connectivity index (χ0v) is 17.8. The molecule has 2 N–H and O–H groups in total.